The summed E-state index contributed by atoms with van der Waals surface area (Å²) in [6.45, 7) is 2.70. The van der Waals surface area contributed by atoms with Gasteiger partial charge >= 0.3 is 0 Å². The Kier molecular flexibility index (Phi) is 5.25. The molecule has 2 aromatic heterocycles. The molecule has 0 aliphatic rings. The monoisotopic (exact) mass is 345 g/mol. The molecule has 0 aliphatic heterocycles. The van der Waals surface area contributed by atoms with Crippen LogP contribution < -0.4 is 5.32 Å². The lowest BCUT2D eigenvalue weighted by Gasteiger charge is -2.07. The fourth-order valence-corrected chi connectivity index (χ4v) is 3.07. The number of hydrogen-bond acceptors (Lipinski definition) is 5. The molecule has 120 valence electrons. The normalized spacial score (nSPS) is 10.8. The Bertz CT molecular complexity index is 788. The molecule has 1 aromatic carbocycles. The molecule has 0 unspecified atom stereocenters. The highest BCUT2D eigenvalue weighted by Gasteiger charge is 2.08. The zero-order chi connectivity index (χ0) is 16.1. The van der Waals surface area contributed by atoms with Crippen LogP contribution >= 0.6 is 23.6 Å². The Labute approximate surface area is 144 Å². The molecule has 3 aromatic rings. The van der Waals surface area contributed by atoms with E-state index in [1.165, 1.54) is 18.4 Å². The maximum absolute atomic E-state index is 5.55. The average Bonchev–Trinajstić information content (AvgIpc) is 3.21. The van der Waals surface area contributed by atoms with E-state index in [0.29, 0.717) is 17.4 Å². The first-order chi connectivity index (χ1) is 11.3. The van der Waals surface area contributed by atoms with E-state index in [1.54, 1.807) is 16.0 Å². The standard InChI is InChI=1S/C17H19N3OS2/c1-2-3-5-13-7-9-14(10-8-13)18-12-20-17(22)21-16(19-20)15-6-4-11-23-15/h4,6-11,18H,2-3,5,12H2,1H3. The number of aryl methyl sites for hydroxylation is 1. The minimum absolute atomic E-state index is 0.375. The van der Waals surface area contributed by atoms with E-state index in [0.717, 1.165) is 17.0 Å². The van der Waals surface area contributed by atoms with Crippen LogP contribution in [-0.4, -0.2) is 9.78 Å². The molecule has 0 spiro atoms. The minimum Gasteiger partial charge on any atom is -0.408 e. The van der Waals surface area contributed by atoms with Crippen LogP contribution in [0.15, 0.2) is 46.2 Å². The van der Waals surface area contributed by atoms with Crippen LogP contribution in [0, 0.1) is 4.84 Å². The van der Waals surface area contributed by atoms with Crippen molar-refractivity contribution in [2.75, 3.05) is 5.32 Å². The average molecular weight is 345 g/mol. The Morgan fingerprint density at radius 1 is 1.26 bits per heavy atom. The maximum Gasteiger partial charge on any atom is 0.289 e. The van der Waals surface area contributed by atoms with Crippen molar-refractivity contribution in [1.29, 1.82) is 0 Å². The van der Waals surface area contributed by atoms with Gasteiger partial charge in [0.25, 0.3) is 10.7 Å². The van der Waals surface area contributed by atoms with Gasteiger partial charge in [0.15, 0.2) is 0 Å². The van der Waals surface area contributed by atoms with Gasteiger partial charge in [-0.2, -0.15) is 0 Å². The van der Waals surface area contributed by atoms with Gasteiger partial charge in [0.05, 0.1) is 4.88 Å². The number of anilines is 1. The second-order valence-corrected chi connectivity index (χ2v) is 6.58. The predicted molar refractivity (Wildman–Crippen MR) is 97.3 cm³/mol. The molecule has 1 N–H and O–H groups in total. The summed E-state index contributed by atoms with van der Waals surface area (Å²) in [5, 5.41) is 9.73. The van der Waals surface area contributed by atoms with Crippen molar-refractivity contribution in [3.63, 3.8) is 0 Å². The fourth-order valence-electron chi connectivity index (χ4n) is 2.24. The van der Waals surface area contributed by atoms with Crippen LogP contribution in [0.5, 0.6) is 0 Å². The first kappa shape index (κ1) is 16.0. The zero-order valence-corrected chi connectivity index (χ0v) is 14.6. The number of nitrogens with one attached hydrogen (secondary N) is 1. The molecule has 3 rings (SSSR count). The van der Waals surface area contributed by atoms with Gasteiger partial charge in [-0.3, -0.25) is 0 Å². The number of hydrogen-bond donors (Lipinski definition) is 1. The van der Waals surface area contributed by atoms with Gasteiger partial charge in [0.2, 0.25) is 0 Å². The largest absolute Gasteiger partial charge is 0.408 e. The Balaban J connectivity index is 1.63. The second kappa shape index (κ2) is 7.57. The van der Waals surface area contributed by atoms with E-state index >= 15 is 0 Å². The highest BCUT2D eigenvalue weighted by molar-refractivity contribution is 7.71. The molecule has 0 radical (unpaired) electrons. The van der Waals surface area contributed by atoms with E-state index in [-0.39, 0.29) is 0 Å². The lowest BCUT2D eigenvalue weighted by atomic mass is 10.1. The van der Waals surface area contributed by atoms with Crippen molar-refractivity contribution in [2.45, 2.75) is 32.9 Å². The van der Waals surface area contributed by atoms with Gasteiger partial charge < -0.3 is 9.73 Å². The molecule has 23 heavy (non-hydrogen) atoms. The van der Waals surface area contributed by atoms with Crippen molar-refractivity contribution in [3.05, 3.63) is 52.2 Å². The molecule has 0 fully saturated rings. The molecule has 0 atom stereocenters. The first-order valence-electron chi connectivity index (χ1n) is 7.71. The highest BCUT2D eigenvalue weighted by atomic mass is 32.1. The van der Waals surface area contributed by atoms with Gasteiger partial charge in [-0.1, -0.05) is 31.5 Å². The topological polar surface area (TPSA) is 43.0 Å². The minimum atomic E-state index is 0.375. The SMILES string of the molecule is CCCCc1ccc(NCn2nc(-c3cccs3)oc2=S)cc1. The first-order valence-corrected chi connectivity index (χ1v) is 8.99. The molecule has 2 heterocycles. The Hall–Kier alpha value is -1.92. The summed E-state index contributed by atoms with van der Waals surface area (Å²) in [7, 11) is 0. The summed E-state index contributed by atoms with van der Waals surface area (Å²) in [6, 6.07) is 12.5. The lowest BCUT2D eigenvalue weighted by molar-refractivity contribution is 0.523. The Morgan fingerprint density at radius 3 is 2.78 bits per heavy atom. The molecular weight excluding hydrogens is 326 g/mol. The van der Waals surface area contributed by atoms with Gasteiger partial charge in [-0.15, -0.1) is 16.4 Å². The number of unbranched alkanes of at least 4 members (excludes halogenated alkanes) is 1. The molecule has 0 saturated heterocycles. The molecule has 4 nitrogen and oxygen atoms in total. The van der Waals surface area contributed by atoms with Crippen LogP contribution in [0.3, 0.4) is 0 Å². The van der Waals surface area contributed by atoms with E-state index in [9.17, 15) is 0 Å². The second-order valence-electron chi connectivity index (χ2n) is 5.29. The Morgan fingerprint density at radius 2 is 2.09 bits per heavy atom. The third-order valence-electron chi connectivity index (χ3n) is 3.54. The molecule has 0 aliphatic carbocycles. The summed E-state index contributed by atoms with van der Waals surface area (Å²) in [5.41, 5.74) is 2.42. The number of benzene rings is 1. The predicted octanol–water partition coefficient (Wildman–Crippen LogP) is 5.35. The van der Waals surface area contributed by atoms with Crippen molar-refractivity contribution < 1.29 is 4.42 Å². The summed E-state index contributed by atoms with van der Waals surface area (Å²) in [6.07, 6.45) is 3.58. The molecule has 0 bridgehead atoms. The zero-order valence-electron chi connectivity index (χ0n) is 13.0. The number of aromatic nitrogens is 2. The quantitative estimate of drug-likeness (QED) is 0.586. The van der Waals surface area contributed by atoms with E-state index < -0.39 is 0 Å². The van der Waals surface area contributed by atoms with Gasteiger partial charge in [0, 0.05) is 5.69 Å². The third kappa shape index (κ3) is 4.09. The number of rotatable bonds is 7. The third-order valence-corrected chi connectivity index (χ3v) is 4.70. The summed E-state index contributed by atoms with van der Waals surface area (Å²) in [4.78, 5) is 1.36. The van der Waals surface area contributed by atoms with Crippen molar-refractivity contribution >= 4 is 29.2 Å². The fraction of sp³-hybridized carbons (Fsp3) is 0.294. The van der Waals surface area contributed by atoms with Gasteiger partial charge in [0.1, 0.15) is 6.67 Å². The van der Waals surface area contributed by atoms with Crippen LogP contribution in [0.1, 0.15) is 25.3 Å². The molecular formula is C17H19N3OS2. The smallest absolute Gasteiger partial charge is 0.289 e. The van der Waals surface area contributed by atoms with E-state index in [2.05, 4.69) is 41.6 Å². The van der Waals surface area contributed by atoms with Crippen LogP contribution in [0.25, 0.3) is 10.8 Å². The summed E-state index contributed by atoms with van der Waals surface area (Å²) in [5.74, 6) is 0.571. The number of thiophene rings is 1. The van der Waals surface area contributed by atoms with E-state index in [4.69, 9.17) is 16.6 Å². The van der Waals surface area contributed by atoms with Crippen molar-refractivity contribution in [3.8, 4) is 10.8 Å². The summed E-state index contributed by atoms with van der Waals surface area (Å²) < 4.78 is 7.21. The highest BCUT2D eigenvalue weighted by Crippen LogP contribution is 2.23. The van der Waals surface area contributed by atoms with Crippen molar-refractivity contribution in [2.24, 2.45) is 0 Å². The maximum atomic E-state index is 5.55. The van der Waals surface area contributed by atoms with Crippen LogP contribution in [-0.2, 0) is 13.1 Å². The molecule has 0 amide bonds. The number of nitrogens with zero attached hydrogens (tertiary/aromatic N) is 2. The van der Waals surface area contributed by atoms with E-state index in [1.807, 2.05) is 17.5 Å². The van der Waals surface area contributed by atoms with Gasteiger partial charge in [-0.05, 0) is 54.2 Å². The van der Waals surface area contributed by atoms with Crippen LogP contribution in [0.4, 0.5) is 5.69 Å². The van der Waals surface area contributed by atoms with Crippen molar-refractivity contribution in [1.82, 2.24) is 9.78 Å². The lowest BCUT2D eigenvalue weighted by Crippen LogP contribution is -2.09. The van der Waals surface area contributed by atoms with Gasteiger partial charge in [-0.25, -0.2) is 4.68 Å². The molecule has 0 saturated carbocycles. The van der Waals surface area contributed by atoms with Crippen LogP contribution in [0.2, 0.25) is 0 Å². The molecule has 6 heteroatoms. The summed E-state index contributed by atoms with van der Waals surface area (Å²) >= 11 is 6.81.